The third-order valence-electron chi connectivity index (χ3n) is 6.67. The van der Waals surface area contributed by atoms with Gasteiger partial charge in [-0.05, 0) is 78.0 Å². The van der Waals surface area contributed by atoms with Crippen molar-refractivity contribution >= 4 is 81.0 Å². The lowest BCUT2D eigenvalue weighted by Crippen LogP contribution is -2.30. The number of aromatic amines is 1. The zero-order valence-electron chi connectivity index (χ0n) is 23.6. The standard InChI is InChI=1S/C34H28Cl2N4O3S/c1-2-30(34(43)39-25-15-14-21-16-17-37-28(21)20-25)44-26-12-7-11-24(19-26)38-33(42)29(18-23-10-6-13-27(35)31(23)36)40-32(41)22-8-4-3-5-9-22/h3-20,30,37H,2H2,1H3,(H,38,42)(H,39,43)(H,40,41)/b29-18+. The lowest BCUT2D eigenvalue weighted by Gasteiger charge is -2.16. The number of carbonyl (C=O) groups excluding carboxylic acids is 3. The molecule has 0 saturated carbocycles. The lowest BCUT2D eigenvalue weighted by atomic mass is 10.1. The fraction of sp³-hybridized carbons (Fsp3) is 0.0882. The van der Waals surface area contributed by atoms with Crippen molar-refractivity contribution in [3.05, 3.63) is 130 Å². The molecule has 3 amide bonds. The van der Waals surface area contributed by atoms with E-state index < -0.39 is 11.8 Å². The molecule has 0 radical (unpaired) electrons. The van der Waals surface area contributed by atoms with Crippen molar-refractivity contribution in [2.45, 2.75) is 23.5 Å². The Labute approximate surface area is 269 Å². The van der Waals surface area contributed by atoms with Crippen LogP contribution in [-0.4, -0.2) is 28.0 Å². The Morgan fingerprint density at radius 2 is 1.64 bits per heavy atom. The molecule has 0 spiro atoms. The highest BCUT2D eigenvalue weighted by Crippen LogP contribution is 2.30. The Balaban J connectivity index is 1.32. The first-order valence-corrected chi connectivity index (χ1v) is 15.4. The van der Waals surface area contributed by atoms with E-state index in [0.717, 1.165) is 15.8 Å². The van der Waals surface area contributed by atoms with E-state index >= 15 is 0 Å². The van der Waals surface area contributed by atoms with Crippen molar-refractivity contribution < 1.29 is 14.4 Å². The van der Waals surface area contributed by atoms with Crippen molar-refractivity contribution in [3.8, 4) is 0 Å². The van der Waals surface area contributed by atoms with Gasteiger partial charge >= 0.3 is 0 Å². The highest BCUT2D eigenvalue weighted by Gasteiger charge is 2.20. The summed E-state index contributed by atoms with van der Waals surface area (Å²) in [5.41, 5.74) is 2.97. The minimum Gasteiger partial charge on any atom is -0.361 e. The maximum atomic E-state index is 13.5. The average molecular weight is 644 g/mol. The highest BCUT2D eigenvalue weighted by molar-refractivity contribution is 8.00. The van der Waals surface area contributed by atoms with Gasteiger partial charge in [0.25, 0.3) is 11.8 Å². The van der Waals surface area contributed by atoms with Crippen LogP contribution < -0.4 is 16.0 Å². The summed E-state index contributed by atoms with van der Waals surface area (Å²) in [7, 11) is 0. The number of aromatic nitrogens is 1. The molecule has 5 aromatic rings. The van der Waals surface area contributed by atoms with Crippen LogP contribution in [0.25, 0.3) is 17.0 Å². The first-order chi connectivity index (χ1) is 21.3. The minimum absolute atomic E-state index is 0.0223. The number of H-pyrrole nitrogens is 1. The first kappa shape index (κ1) is 30.9. The summed E-state index contributed by atoms with van der Waals surface area (Å²) in [6.45, 7) is 1.95. The van der Waals surface area contributed by atoms with Crippen molar-refractivity contribution in [2.24, 2.45) is 0 Å². The molecule has 4 N–H and O–H groups in total. The second kappa shape index (κ2) is 14.3. The maximum absolute atomic E-state index is 13.5. The number of halogens is 2. The average Bonchev–Trinajstić information content (AvgIpc) is 3.50. The summed E-state index contributed by atoms with van der Waals surface area (Å²) in [5, 5.41) is 9.82. The van der Waals surface area contributed by atoms with Crippen molar-refractivity contribution in [1.82, 2.24) is 10.3 Å². The molecule has 1 atom stereocenters. The van der Waals surface area contributed by atoms with E-state index in [1.807, 2.05) is 43.5 Å². The molecular formula is C34H28Cl2N4O3S. The number of thioether (sulfide) groups is 1. The highest BCUT2D eigenvalue weighted by atomic mass is 35.5. The van der Waals surface area contributed by atoms with E-state index in [4.69, 9.17) is 23.2 Å². The van der Waals surface area contributed by atoms with Gasteiger partial charge in [-0.1, -0.05) is 72.6 Å². The molecule has 0 bridgehead atoms. The summed E-state index contributed by atoms with van der Waals surface area (Å²) >= 11 is 14.0. The Hall–Kier alpha value is -4.50. The molecule has 0 aliphatic heterocycles. The molecule has 10 heteroatoms. The zero-order valence-corrected chi connectivity index (χ0v) is 25.9. The maximum Gasteiger partial charge on any atom is 0.272 e. The van der Waals surface area contributed by atoms with Crippen LogP contribution in [0.3, 0.4) is 0 Å². The Morgan fingerprint density at radius 3 is 2.43 bits per heavy atom. The van der Waals surface area contributed by atoms with Gasteiger partial charge in [0.1, 0.15) is 5.70 Å². The smallest absolute Gasteiger partial charge is 0.272 e. The SMILES string of the molecule is CCC(Sc1cccc(NC(=O)/C(=C\c2cccc(Cl)c2Cl)NC(=O)c2ccccc2)c1)C(=O)Nc1ccc2cc[nH]c2c1. The second-order valence-corrected chi connectivity index (χ2v) is 11.8. The summed E-state index contributed by atoms with van der Waals surface area (Å²) < 4.78 is 0. The fourth-order valence-electron chi connectivity index (χ4n) is 4.41. The summed E-state index contributed by atoms with van der Waals surface area (Å²) in [6.07, 6.45) is 3.93. The summed E-state index contributed by atoms with van der Waals surface area (Å²) in [5.74, 6) is -1.14. The number of hydrogen-bond acceptors (Lipinski definition) is 4. The van der Waals surface area contributed by atoms with Gasteiger partial charge in [0.15, 0.2) is 0 Å². The van der Waals surface area contributed by atoms with Crippen LogP contribution >= 0.6 is 35.0 Å². The van der Waals surface area contributed by atoms with Gasteiger partial charge in [-0.25, -0.2) is 0 Å². The van der Waals surface area contributed by atoms with Crippen LogP contribution in [0.1, 0.15) is 29.3 Å². The Kier molecular flexibility index (Phi) is 10.1. The van der Waals surface area contributed by atoms with Gasteiger partial charge in [-0.3, -0.25) is 14.4 Å². The second-order valence-electron chi connectivity index (χ2n) is 9.79. The predicted octanol–water partition coefficient (Wildman–Crippen LogP) is 8.39. The minimum atomic E-state index is -0.558. The number of hydrogen-bond donors (Lipinski definition) is 4. The van der Waals surface area contributed by atoms with Crippen LogP contribution in [0.5, 0.6) is 0 Å². The monoisotopic (exact) mass is 642 g/mol. The van der Waals surface area contributed by atoms with Crippen LogP contribution in [0, 0.1) is 0 Å². The van der Waals surface area contributed by atoms with Crippen LogP contribution in [0.15, 0.2) is 114 Å². The molecule has 1 unspecified atom stereocenters. The van der Waals surface area contributed by atoms with Gasteiger partial charge in [0.05, 0.1) is 15.3 Å². The van der Waals surface area contributed by atoms with Gasteiger partial charge < -0.3 is 20.9 Å². The number of nitrogens with one attached hydrogen (secondary N) is 4. The van der Waals surface area contributed by atoms with Gasteiger partial charge in [-0.2, -0.15) is 0 Å². The number of carbonyl (C=O) groups is 3. The number of fused-ring (bicyclic) bond motifs is 1. The molecule has 44 heavy (non-hydrogen) atoms. The zero-order chi connectivity index (χ0) is 31.1. The third-order valence-corrected chi connectivity index (χ3v) is 8.86. The molecule has 222 valence electrons. The van der Waals surface area contributed by atoms with E-state index in [1.165, 1.54) is 17.8 Å². The first-order valence-electron chi connectivity index (χ1n) is 13.8. The summed E-state index contributed by atoms with van der Waals surface area (Å²) in [6, 6.07) is 28.5. The molecule has 0 aliphatic carbocycles. The topological polar surface area (TPSA) is 103 Å². The van der Waals surface area contributed by atoms with E-state index in [0.29, 0.717) is 33.9 Å². The fourth-order valence-corrected chi connectivity index (χ4v) is 5.79. The molecule has 0 aliphatic rings. The number of anilines is 2. The lowest BCUT2D eigenvalue weighted by molar-refractivity contribution is -0.116. The number of rotatable bonds is 10. The molecule has 0 fully saturated rings. The third kappa shape index (κ3) is 7.71. The molecule has 7 nitrogen and oxygen atoms in total. The Morgan fingerprint density at radius 1 is 0.864 bits per heavy atom. The van der Waals surface area contributed by atoms with E-state index in [2.05, 4.69) is 20.9 Å². The molecular weight excluding hydrogens is 615 g/mol. The normalized spacial score (nSPS) is 12.0. The number of amides is 3. The molecule has 4 aromatic carbocycles. The van der Waals surface area contributed by atoms with Crippen LogP contribution in [-0.2, 0) is 9.59 Å². The van der Waals surface area contributed by atoms with Gasteiger partial charge in [0, 0.05) is 33.5 Å². The molecule has 1 aromatic heterocycles. The molecule has 5 rings (SSSR count). The van der Waals surface area contributed by atoms with Crippen LogP contribution in [0.2, 0.25) is 10.0 Å². The predicted molar refractivity (Wildman–Crippen MR) is 180 cm³/mol. The van der Waals surface area contributed by atoms with Crippen molar-refractivity contribution in [2.75, 3.05) is 10.6 Å². The van der Waals surface area contributed by atoms with Crippen molar-refractivity contribution in [1.29, 1.82) is 0 Å². The Bertz CT molecular complexity index is 1860. The van der Waals surface area contributed by atoms with Crippen molar-refractivity contribution in [3.63, 3.8) is 0 Å². The van der Waals surface area contributed by atoms with Gasteiger partial charge in [-0.15, -0.1) is 11.8 Å². The molecule has 0 saturated heterocycles. The van der Waals surface area contributed by atoms with E-state index in [-0.39, 0.29) is 21.9 Å². The van der Waals surface area contributed by atoms with Gasteiger partial charge in [0.2, 0.25) is 5.91 Å². The van der Waals surface area contributed by atoms with E-state index in [1.54, 1.807) is 66.7 Å². The van der Waals surface area contributed by atoms with Crippen LogP contribution in [0.4, 0.5) is 11.4 Å². The summed E-state index contributed by atoms with van der Waals surface area (Å²) in [4.78, 5) is 43.6. The largest absolute Gasteiger partial charge is 0.361 e. The number of benzene rings is 4. The molecule has 1 heterocycles. The van der Waals surface area contributed by atoms with E-state index in [9.17, 15) is 14.4 Å². The quantitative estimate of drug-likeness (QED) is 0.0907.